The van der Waals surface area contributed by atoms with Crippen molar-refractivity contribution in [3.63, 3.8) is 0 Å². The van der Waals surface area contributed by atoms with E-state index in [0.29, 0.717) is 25.8 Å². The predicted molar refractivity (Wildman–Crippen MR) is 128 cm³/mol. The molecule has 2 rings (SSSR count). The molecule has 1 aromatic carbocycles. The fraction of sp³-hybridized carbons (Fsp3) is 0.654. The molecule has 1 amide bonds. The number of ether oxygens (including phenoxy) is 2. The van der Waals surface area contributed by atoms with Gasteiger partial charge in [-0.05, 0) is 58.9 Å². The Labute approximate surface area is 198 Å². The lowest BCUT2D eigenvalue weighted by atomic mass is 10.0. The van der Waals surface area contributed by atoms with E-state index in [0.717, 1.165) is 31.2 Å². The fourth-order valence-corrected chi connectivity index (χ4v) is 4.01. The van der Waals surface area contributed by atoms with Gasteiger partial charge in [0, 0.05) is 6.54 Å². The van der Waals surface area contributed by atoms with Gasteiger partial charge in [0.05, 0.1) is 12.6 Å². The summed E-state index contributed by atoms with van der Waals surface area (Å²) in [6.45, 7) is 7.92. The molecule has 7 nitrogen and oxygen atoms in total. The molecule has 1 aliphatic heterocycles. The first-order chi connectivity index (χ1) is 15.7. The molecule has 0 spiro atoms. The van der Waals surface area contributed by atoms with E-state index in [4.69, 9.17) is 9.47 Å². The van der Waals surface area contributed by atoms with Crippen LogP contribution in [-0.4, -0.2) is 60.1 Å². The number of esters is 2. The third kappa shape index (κ3) is 9.95. The maximum absolute atomic E-state index is 13.4. The first-order valence-electron chi connectivity index (χ1n) is 12.2. The number of hydrogen-bond acceptors (Lipinski definition) is 6. The first-order valence-corrected chi connectivity index (χ1v) is 12.2. The van der Waals surface area contributed by atoms with Crippen LogP contribution in [0.5, 0.6) is 0 Å². The average Bonchev–Trinajstić information content (AvgIpc) is 2.82. The molecule has 1 N–H and O–H groups in total. The highest BCUT2D eigenvalue weighted by molar-refractivity contribution is 5.87. The number of carbonyl (C=O) groups is 3. The lowest BCUT2D eigenvalue weighted by molar-refractivity contribution is -0.159. The summed E-state index contributed by atoms with van der Waals surface area (Å²) in [6, 6.07) is 8.81. The third-order valence-electron chi connectivity index (χ3n) is 5.56. The summed E-state index contributed by atoms with van der Waals surface area (Å²) < 4.78 is 10.7. The standard InChI is InChI=1S/C26H40N2O5/c1-5-32-25(31)22(17-16-20-13-9-8-10-14-20)27-21-15-11-6-7-12-18-28(24(21)30)19-23(29)33-26(2,3)4/h8-10,13-14,21-22,27H,5-7,11-12,15-19H2,1-4H3. The molecular weight excluding hydrogens is 420 g/mol. The van der Waals surface area contributed by atoms with Crippen molar-refractivity contribution in [3.05, 3.63) is 35.9 Å². The zero-order valence-electron chi connectivity index (χ0n) is 20.6. The van der Waals surface area contributed by atoms with Gasteiger partial charge in [0.15, 0.2) is 0 Å². The molecule has 0 bridgehead atoms. The van der Waals surface area contributed by atoms with E-state index < -0.39 is 23.7 Å². The lowest BCUT2D eigenvalue weighted by Crippen LogP contribution is -2.53. The van der Waals surface area contributed by atoms with E-state index in [2.05, 4.69) is 5.32 Å². The van der Waals surface area contributed by atoms with Gasteiger partial charge in [-0.3, -0.25) is 19.7 Å². The topological polar surface area (TPSA) is 84.9 Å². The quantitative estimate of drug-likeness (QED) is 0.567. The largest absolute Gasteiger partial charge is 0.465 e. The number of benzene rings is 1. The van der Waals surface area contributed by atoms with Crippen LogP contribution >= 0.6 is 0 Å². The predicted octanol–water partition coefficient (Wildman–Crippen LogP) is 3.64. The van der Waals surface area contributed by atoms with Crippen molar-refractivity contribution < 1.29 is 23.9 Å². The smallest absolute Gasteiger partial charge is 0.326 e. The molecule has 2 unspecified atom stereocenters. The van der Waals surface area contributed by atoms with Crippen LogP contribution in [0.3, 0.4) is 0 Å². The van der Waals surface area contributed by atoms with Crippen molar-refractivity contribution in [1.82, 2.24) is 10.2 Å². The zero-order valence-corrected chi connectivity index (χ0v) is 20.6. The van der Waals surface area contributed by atoms with E-state index in [1.165, 1.54) is 0 Å². The Hall–Kier alpha value is -2.41. The van der Waals surface area contributed by atoms with Gasteiger partial charge in [0.25, 0.3) is 0 Å². The Morgan fingerprint density at radius 1 is 1.12 bits per heavy atom. The molecule has 1 saturated heterocycles. The Balaban J connectivity index is 2.13. The number of aryl methyl sites for hydroxylation is 1. The van der Waals surface area contributed by atoms with Crippen molar-refractivity contribution >= 4 is 17.8 Å². The summed E-state index contributed by atoms with van der Waals surface area (Å²) in [7, 11) is 0. The zero-order chi connectivity index (χ0) is 24.3. The van der Waals surface area contributed by atoms with Gasteiger partial charge in [0.2, 0.25) is 5.91 Å². The number of amides is 1. The van der Waals surface area contributed by atoms with Crippen molar-refractivity contribution in [2.75, 3.05) is 19.7 Å². The number of carbonyl (C=O) groups excluding carboxylic acids is 3. The summed E-state index contributed by atoms with van der Waals surface area (Å²) in [5.41, 5.74) is 0.519. The molecular formula is C26H40N2O5. The average molecular weight is 461 g/mol. The van der Waals surface area contributed by atoms with Crippen molar-refractivity contribution in [1.29, 1.82) is 0 Å². The van der Waals surface area contributed by atoms with Crippen LogP contribution in [0, 0.1) is 0 Å². The molecule has 7 heteroatoms. The second-order valence-electron chi connectivity index (χ2n) is 9.60. The second kappa shape index (κ2) is 13.3. The normalized spacial score (nSPS) is 18.6. The summed E-state index contributed by atoms with van der Waals surface area (Å²) in [6.07, 6.45) is 5.58. The molecule has 0 aliphatic carbocycles. The summed E-state index contributed by atoms with van der Waals surface area (Å²) in [4.78, 5) is 40.2. The Kier molecular flexibility index (Phi) is 10.8. The van der Waals surface area contributed by atoms with Crippen molar-refractivity contribution in [3.8, 4) is 0 Å². The van der Waals surface area contributed by atoms with E-state index >= 15 is 0 Å². The molecule has 0 radical (unpaired) electrons. The molecule has 1 aliphatic rings. The Morgan fingerprint density at radius 3 is 2.48 bits per heavy atom. The fourth-order valence-electron chi connectivity index (χ4n) is 4.01. The maximum atomic E-state index is 13.4. The molecule has 0 saturated carbocycles. The van der Waals surface area contributed by atoms with Gasteiger partial charge in [0.1, 0.15) is 18.2 Å². The molecule has 1 heterocycles. The van der Waals surface area contributed by atoms with E-state index in [-0.39, 0.29) is 25.0 Å². The molecule has 184 valence electrons. The minimum absolute atomic E-state index is 0.0810. The summed E-state index contributed by atoms with van der Waals surface area (Å²) in [5, 5.41) is 3.29. The van der Waals surface area contributed by atoms with Crippen LogP contribution in [0.4, 0.5) is 0 Å². The van der Waals surface area contributed by atoms with Crippen LogP contribution < -0.4 is 5.32 Å². The second-order valence-corrected chi connectivity index (χ2v) is 9.60. The monoisotopic (exact) mass is 460 g/mol. The number of rotatable bonds is 9. The minimum Gasteiger partial charge on any atom is -0.465 e. The Bertz CT molecular complexity index is 760. The van der Waals surface area contributed by atoms with Crippen molar-refractivity contribution in [2.45, 2.75) is 90.3 Å². The van der Waals surface area contributed by atoms with E-state index in [9.17, 15) is 14.4 Å². The van der Waals surface area contributed by atoms with Crippen LogP contribution in [0.2, 0.25) is 0 Å². The van der Waals surface area contributed by atoms with Crippen LogP contribution in [0.25, 0.3) is 0 Å². The molecule has 2 atom stereocenters. The van der Waals surface area contributed by atoms with Gasteiger partial charge >= 0.3 is 11.9 Å². The number of nitrogens with zero attached hydrogens (tertiary/aromatic N) is 1. The van der Waals surface area contributed by atoms with Crippen molar-refractivity contribution in [2.24, 2.45) is 0 Å². The van der Waals surface area contributed by atoms with Crippen LogP contribution in [0.1, 0.15) is 71.8 Å². The summed E-state index contributed by atoms with van der Waals surface area (Å²) in [5.74, 6) is -0.920. The van der Waals surface area contributed by atoms with E-state index in [1.54, 1.807) is 11.8 Å². The van der Waals surface area contributed by atoms with Gasteiger partial charge in [-0.2, -0.15) is 0 Å². The minimum atomic E-state index is -0.607. The number of nitrogens with one attached hydrogen (secondary N) is 1. The maximum Gasteiger partial charge on any atom is 0.326 e. The lowest BCUT2D eigenvalue weighted by Gasteiger charge is -2.30. The molecule has 33 heavy (non-hydrogen) atoms. The SMILES string of the molecule is CCOC(=O)C(CCc1ccccc1)NC1CCCCCCN(CC(=O)OC(C)(C)C)C1=O. The van der Waals surface area contributed by atoms with E-state index in [1.807, 2.05) is 51.1 Å². The molecule has 0 aromatic heterocycles. The first kappa shape index (κ1) is 26.8. The van der Waals surface area contributed by atoms with Gasteiger partial charge in [-0.15, -0.1) is 0 Å². The Morgan fingerprint density at radius 2 is 1.82 bits per heavy atom. The number of hydrogen-bond donors (Lipinski definition) is 1. The van der Waals surface area contributed by atoms with Gasteiger partial charge < -0.3 is 14.4 Å². The molecule has 1 aromatic rings. The van der Waals surface area contributed by atoms with Gasteiger partial charge in [-0.25, -0.2) is 0 Å². The van der Waals surface area contributed by atoms with Crippen LogP contribution in [-0.2, 0) is 30.3 Å². The third-order valence-corrected chi connectivity index (χ3v) is 5.56. The van der Waals surface area contributed by atoms with Crippen LogP contribution in [0.15, 0.2) is 30.3 Å². The summed E-state index contributed by atoms with van der Waals surface area (Å²) >= 11 is 0. The highest BCUT2D eigenvalue weighted by Crippen LogP contribution is 2.16. The highest BCUT2D eigenvalue weighted by atomic mass is 16.6. The highest BCUT2D eigenvalue weighted by Gasteiger charge is 2.32. The van der Waals surface area contributed by atoms with Gasteiger partial charge in [-0.1, -0.05) is 49.6 Å². The molecule has 1 fully saturated rings.